The van der Waals surface area contributed by atoms with Crippen LogP contribution in [0.25, 0.3) is 0 Å². The van der Waals surface area contributed by atoms with Gasteiger partial charge in [0.25, 0.3) is 0 Å². The second kappa shape index (κ2) is 6.89. The van der Waals surface area contributed by atoms with Gasteiger partial charge in [-0.25, -0.2) is 4.39 Å². The molecule has 0 radical (unpaired) electrons. The molecule has 2 N–H and O–H groups in total. The molecule has 0 saturated heterocycles. The van der Waals surface area contributed by atoms with Gasteiger partial charge in [0.1, 0.15) is 5.82 Å². The van der Waals surface area contributed by atoms with E-state index in [0.29, 0.717) is 17.1 Å². The number of nitrogens with one attached hydrogen (secondary N) is 2. The summed E-state index contributed by atoms with van der Waals surface area (Å²) in [5.74, 6) is 0.202. The minimum atomic E-state index is -0.494. The predicted octanol–water partition coefficient (Wildman–Crippen LogP) is 4.02. The second-order valence-corrected chi connectivity index (χ2v) is 5.14. The van der Waals surface area contributed by atoms with Crippen molar-refractivity contribution in [1.82, 2.24) is 15.2 Å². The highest BCUT2D eigenvalue weighted by atomic mass is 35.5. The Morgan fingerprint density at radius 1 is 1.04 bits per heavy atom. The molecule has 1 heterocycles. The lowest BCUT2D eigenvalue weighted by Gasteiger charge is -2.08. The maximum atomic E-state index is 13.2. The number of rotatable bonds is 4. The third kappa shape index (κ3) is 3.74. The molecule has 0 atom stereocenters. The highest BCUT2D eigenvalue weighted by molar-refractivity contribution is 6.31. The van der Waals surface area contributed by atoms with Crippen LogP contribution in [0.5, 0.6) is 0 Å². The Labute approximate surface area is 141 Å². The van der Waals surface area contributed by atoms with Crippen LogP contribution in [-0.2, 0) is 0 Å². The quantitative estimate of drug-likeness (QED) is 0.746. The van der Waals surface area contributed by atoms with Crippen molar-refractivity contribution in [2.24, 2.45) is 0 Å². The van der Waals surface area contributed by atoms with E-state index in [9.17, 15) is 4.39 Å². The van der Waals surface area contributed by atoms with Gasteiger partial charge in [-0.05, 0) is 42.5 Å². The minimum Gasteiger partial charge on any atom is -0.339 e. The van der Waals surface area contributed by atoms with E-state index in [1.807, 2.05) is 6.07 Å². The van der Waals surface area contributed by atoms with Crippen molar-refractivity contribution in [3.05, 3.63) is 65.1 Å². The summed E-state index contributed by atoms with van der Waals surface area (Å²) in [5, 5.41) is 22.5. The SMILES string of the molecule is N#Cc1ccc(Nc2nncc(Nc3ccc(F)c(Cl)c3)n2)cc1. The summed E-state index contributed by atoms with van der Waals surface area (Å²) in [6, 6.07) is 13.1. The fourth-order valence-corrected chi connectivity index (χ4v) is 2.08. The average Bonchev–Trinajstić information content (AvgIpc) is 2.59. The number of nitrogens with zero attached hydrogens (tertiary/aromatic N) is 4. The lowest BCUT2D eigenvalue weighted by atomic mass is 10.2. The molecule has 0 amide bonds. The van der Waals surface area contributed by atoms with E-state index in [-0.39, 0.29) is 11.0 Å². The number of benzene rings is 2. The van der Waals surface area contributed by atoms with Crippen LogP contribution in [0.1, 0.15) is 5.56 Å². The molecule has 0 aliphatic rings. The Kier molecular flexibility index (Phi) is 4.50. The van der Waals surface area contributed by atoms with Crippen molar-refractivity contribution >= 4 is 34.7 Å². The minimum absolute atomic E-state index is 0.0120. The van der Waals surface area contributed by atoms with Crippen LogP contribution < -0.4 is 10.6 Å². The first kappa shape index (κ1) is 15.6. The van der Waals surface area contributed by atoms with E-state index in [2.05, 4.69) is 25.8 Å². The molecule has 6 nitrogen and oxygen atoms in total. The van der Waals surface area contributed by atoms with Crippen LogP contribution in [0.4, 0.5) is 27.5 Å². The zero-order chi connectivity index (χ0) is 16.9. The first-order valence-electron chi connectivity index (χ1n) is 6.83. The average molecular weight is 341 g/mol. The first-order chi connectivity index (χ1) is 11.6. The van der Waals surface area contributed by atoms with Gasteiger partial charge in [0.05, 0.1) is 22.9 Å². The monoisotopic (exact) mass is 340 g/mol. The summed E-state index contributed by atoms with van der Waals surface area (Å²) in [4.78, 5) is 4.26. The molecule has 0 saturated carbocycles. The smallest absolute Gasteiger partial charge is 0.249 e. The Hall–Kier alpha value is -3.24. The number of aromatic nitrogens is 3. The van der Waals surface area contributed by atoms with Crippen LogP contribution in [0.15, 0.2) is 48.7 Å². The molecule has 2 aromatic carbocycles. The summed E-state index contributed by atoms with van der Waals surface area (Å²) in [6.07, 6.45) is 1.43. The fraction of sp³-hybridized carbons (Fsp3) is 0. The molecule has 1 aromatic heterocycles. The third-order valence-electron chi connectivity index (χ3n) is 3.02. The topological polar surface area (TPSA) is 86.5 Å². The normalized spacial score (nSPS) is 10.0. The number of nitriles is 1. The maximum Gasteiger partial charge on any atom is 0.249 e. The zero-order valence-electron chi connectivity index (χ0n) is 12.2. The summed E-state index contributed by atoms with van der Waals surface area (Å²) >= 11 is 5.74. The van der Waals surface area contributed by atoms with Gasteiger partial charge >= 0.3 is 0 Å². The lowest BCUT2D eigenvalue weighted by Crippen LogP contribution is -2.02. The van der Waals surface area contributed by atoms with Gasteiger partial charge < -0.3 is 10.6 Å². The Bertz CT molecular complexity index is 907. The van der Waals surface area contributed by atoms with E-state index in [1.54, 1.807) is 24.3 Å². The van der Waals surface area contributed by atoms with Gasteiger partial charge in [-0.15, -0.1) is 5.10 Å². The highest BCUT2D eigenvalue weighted by Gasteiger charge is 2.05. The van der Waals surface area contributed by atoms with E-state index in [4.69, 9.17) is 16.9 Å². The summed E-state index contributed by atoms with van der Waals surface area (Å²) < 4.78 is 13.2. The third-order valence-corrected chi connectivity index (χ3v) is 3.31. The molecule has 0 spiro atoms. The van der Waals surface area contributed by atoms with Crippen LogP contribution in [-0.4, -0.2) is 15.2 Å². The van der Waals surface area contributed by atoms with E-state index in [1.165, 1.54) is 24.4 Å². The Morgan fingerprint density at radius 3 is 2.50 bits per heavy atom. The summed E-state index contributed by atoms with van der Waals surface area (Å²) in [5.41, 5.74) is 1.85. The van der Waals surface area contributed by atoms with Gasteiger partial charge in [0.15, 0.2) is 5.82 Å². The van der Waals surface area contributed by atoms with Gasteiger partial charge in [0.2, 0.25) is 5.95 Å². The van der Waals surface area contributed by atoms with E-state index in [0.717, 1.165) is 5.69 Å². The molecular weight excluding hydrogens is 331 g/mol. The standard InChI is InChI=1S/C16H10ClFN6/c17-13-7-12(5-6-14(13)18)21-15-9-20-24-16(23-15)22-11-3-1-10(8-19)2-4-11/h1-7,9H,(H2,21,22,23,24). The van der Waals surface area contributed by atoms with Crippen LogP contribution in [0.3, 0.4) is 0 Å². The maximum absolute atomic E-state index is 13.2. The molecule has 3 aromatic rings. The highest BCUT2D eigenvalue weighted by Crippen LogP contribution is 2.22. The summed E-state index contributed by atoms with van der Waals surface area (Å²) in [6.45, 7) is 0. The van der Waals surface area contributed by atoms with Crippen molar-refractivity contribution in [3.8, 4) is 6.07 Å². The van der Waals surface area contributed by atoms with Crippen molar-refractivity contribution in [2.45, 2.75) is 0 Å². The molecule has 118 valence electrons. The van der Waals surface area contributed by atoms with Crippen molar-refractivity contribution in [3.63, 3.8) is 0 Å². The fourth-order valence-electron chi connectivity index (χ4n) is 1.90. The van der Waals surface area contributed by atoms with Crippen molar-refractivity contribution in [1.29, 1.82) is 5.26 Å². The number of halogens is 2. The van der Waals surface area contributed by atoms with Crippen molar-refractivity contribution < 1.29 is 4.39 Å². The lowest BCUT2D eigenvalue weighted by molar-refractivity contribution is 0.628. The molecular formula is C16H10ClFN6. The molecule has 24 heavy (non-hydrogen) atoms. The van der Waals surface area contributed by atoms with Crippen LogP contribution >= 0.6 is 11.6 Å². The Morgan fingerprint density at radius 2 is 1.79 bits per heavy atom. The van der Waals surface area contributed by atoms with E-state index < -0.39 is 5.82 Å². The molecule has 0 aliphatic heterocycles. The molecule has 0 fully saturated rings. The number of hydrogen-bond acceptors (Lipinski definition) is 6. The largest absolute Gasteiger partial charge is 0.339 e. The van der Waals surface area contributed by atoms with Gasteiger partial charge in [0, 0.05) is 11.4 Å². The molecule has 3 rings (SSSR count). The number of hydrogen-bond donors (Lipinski definition) is 2. The number of anilines is 4. The zero-order valence-corrected chi connectivity index (χ0v) is 12.9. The van der Waals surface area contributed by atoms with Crippen LogP contribution in [0.2, 0.25) is 5.02 Å². The van der Waals surface area contributed by atoms with Crippen LogP contribution in [0, 0.1) is 17.1 Å². The van der Waals surface area contributed by atoms with Gasteiger partial charge in [-0.1, -0.05) is 11.6 Å². The molecule has 0 unspecified atom stereocenters. The van der Waals surface area contributed by atoms with Gasteiger partial charge in [-0.2, -0.15) is 15.3 Å². The predicted molar refractivity (Wildman–Crippen MR) is 89.0 cm³/mol. The second-order valence-electron chi connectivity index (χ2n) is 4.73. The van der Waals surface area contributed by atoms with Gasteiger partial charge in [-0.3, -0.25) is 0 Å². The first-order valence-corrected chi connectivity index (χ1v) is 7.21. The van der Waals surface area contributed by atoms with Crippen molar-refractivity contribution in [2.75, 3.05) is 10.6 Å². The molecule has 0 aliphatic carbocycles. The molecule has 8 heteroatoms. The van der Waals surface area contributed by atoms with E-state index >= 15 is 0 Å². The summed E-state index contributed by atoms with van der Waals surface area (Å²) in [7, 11) is 0. The Balaban J connectivity index is 1.75. The molecule has 0 bridgehead atoms.